The second-order valence-corrected chi connectivity index (χ2v) is 5.13. The Morgan fingerprint density at radius 2 is 2.16 bits per heavy atom. The van der Waals surface area contributed by atoms with Crippen LogP contribution in [0.1, 0.15) is 36.5 Å². The first-order chi connectivity index (χ1) is 9.13. The Kier molecular flexibility index (Phi) is 4.30. The van der Waals surface area contributed by atoms with Gasteiger partial charge in [0.15, 0.2) is 0 Å². The van der Waals surface area contributed by atoms with E-state index in [2.05, 4.69) is 12.2 Å². The van der Waals surface area contributed by atoms with Gasteiger partial charge < -0.3 is 14.8 Å². The second kappa shape index (κ2) is 5.95. The number of esters is 1. The minimum Gasteiger partial charge on any atom is -0.495 e. The molecule has 0 aliphatic heterocycles. The number of rotatable bonds is 6. The molecule has 1 aliphatic carbocycles. The van der Waals surface area contributed by atoms with Crippen molar-refractivity contribution < 1.29 is 14.3 Å². The highest BCUT2D eigenvalue weighted by Crippen LogP contribution is 2.35. The molecular formula is C15H21NO3. The average Bonchev–Trinajstić information content (AvgIpc) is 3.22. The van der Waals surface area contributed by atoms with Gasteiger partial charge in [-0.3, -0.25) is 0 Å². The molecule has 4 heteroatoms. The molecule has 1 fully saturated rings. The first kappa shape index (κ1) is 13.7. The number of benzene rings is 1. The molecule has 1 aromatic rings. The van der Waals surface area contributed by atoms with E-state index >= 15 is 0 Å². The summed E-state index contributed by atoms with van der Waals surface area (Å²) < 4.78 is 10.0. The minimum absolute atomic E-state index is 0.351. The monoisotopic (exact) mass is 263 g/mol. The maximum absolute atomic E-state index is 11.5. The Balaban J connectivity index is 2.08. The molecule has 104 valence electrons. The van der Waals surface area contributed by atoms with E-state index in [-0.39, 0.29) is 5.97 Å². The SMILES string of the molecule is COC(=O)c1ccc(NC(C)CC2CC2)c(OC)c1. The van der Waals surface area contributed by atoms with Crippen LogP contribution >= 0.6 is 0 Å². The third-order valence-electron chi connectivity index (χ3n) is 3.41. The van der Waals surface area contributed by atoms with Crippen LogP contribution in [0.15, 0.2) is 18.2 Å². The Morgan fingerprint density at radius 1 is 1.42 bits per heavy atom. The number of carbonyl (C=O) groups is 1. The Labute approximate surface area is 114 Å². The van der Waals surface area contributed by atoms with Crippen molar-refractivity contribution in [1.82, 2.24) is 0 Å². The molecule has 0 saturated heterocycles. The summed E-state index contributed by atoms with van der Waals surface area (Å²) >= 11 is 0. The van der Waals surface area contributed by atoms with Crippen LogP contribution in [0.2, 0.25) is 0 Å². The van der Waals surface area contributed by atoms with Crippen LogP contribution in [0, 0.1) is 5.92 Å². The third-order valence-corrected chi connectivity index (χ3v) is 3.41. The van der Waals surface area contributed by atoms with Crippen LogP contribution in [0.5, 0.6) is 5.75 Å². The van der Waals surface area contributed by atoms with Crippen molar-refractivity contribution in [2.24, 2.45) is 5.92 Å². The average molecular weight is 263 g/mol. The fourth-order valence-electron chi connectivity index (χ4n) is 2.23. The lowest BCUT2D eigenvalue weighted by Crippen LogP contribution is -2.16. The molecule has 0 aromatic heterocycles. The standard InChI is InChI=1S/C15H21NO3/c1-10(8-11-4-5-11)16-13-7-6-12(15(17)19-3)9-14(13)18-2/h6-7,9-11,16H,4-5,8H2,1-3H3. The lowest BCUT2D eigenvalue weighted by atomic mass is 10.1. The van der Waals surface area contributed by atoms with Crippen LogP contribution in [0.25, 0.3) is 0 Å². The van der Waals surface area contributed by atoms with Crippen molar-refractivity contribution in [3.8, 4) is 5.75 Å². The number of carbonyl (C=O) groups excluding carboxylic acids is 1. The van der Waals surface area contributed by atoms with Gasteiger partial charge in [0.1, 0.15) is 5.75 Å². The summed E-state index contributed by atoms with van der Waals surface area (Å²) in [5.41, 5.74) is 1.42. The van der Waals surface area contributed by atoms with Crippen molar-refractivity contribution >= 4 is 11.7 Å². The van der Waals surface area contributed by atoms with Crippen molar-refractivity contribution in [2.75, 3.05) is 19.5 Å². The molecule has 0 amide bonds. The van der Waals surface area contributed by atoms with Crippen molar-refractivity contribution in [2.45, 2.75) is 32.2 Å². The smallest absolute Gasteiger partial charge is 0.337 e. The topological polar surface area (TPSA) is 47.6 Å². The van der Waals surface area contributed by atoms with E-state index in [1.54, 1.807) is 19.2 Å². The zero-order valence-electron chi connectivity index (χ0n) is 11.7. The van der Waals surface area contributed by atoms with Gasteiger partial charge in [-0.05, 0) is 37.5 Å². The lowest BCUT2D eigenvalue weighted by Gasteiger charge is -2.17. The quantitative estimate of drug-likeness (QED) is 0.801. The fraction of sp³-hybridized carbons (Fsp3) is 0.533. The van der Waals surface area contributed by atoms with Gasteiger partial charge in [-0.2, -0.15) is 0 Å². The molecule has 1 atom stereocenters. The minimum atomic E-state index is -0.351. The molecule has 1 N–H and O–H groups in total. The van der Waals surface area contributed by atoms with Crippen LogP contribution in [0.3, 0.4) is 0 Å². The van der Waals surface area contributed by atoms with Crippen molar-refractivity contribution in [1.29, 1.82) is 0 Å². The summed E-state index contributed by atoms with van der Waals surface area (Å²) in [4.78, 5) is 11.5. The van der Waals surface area contributed by atoms with Crippen molar-refractivity contribution in [3.63, 3.8) is 0 Å². The third kappa shape index (κ3) is 3.63. The molecule has 1 aromatic carbocycles. The number of ether oxygens (including phenoxy) is 2. The largest absolute Gasteiger partial charge is 0.495 e. The maximum atomic E-state index is 11.5. The molecule has 0 bridgehead atoms. The van der Waals surface area contributed by atoms with Gasteiger partial charge in [0.05, 0.1) is 25.5 Å². The van der Waals surface area contributed by atoms with E-state index in [1.807, 2.05) is 6.07 Å². The summed E-state index contributed by atoms with van der Waals surface area (Å²) in [7, 11) is 2.98. The Bertz CT molecular complexity index is 455. The molecule has 0 heterocycles. The Hall–Kier alpha value is -1.71. The highest BCUT2D eigenvalue weighted by Gasteiger charge is 2.23. The molecule has 2 rings (SSSR count). The van der Waals surface area contributed by atoms with E-state index in [1.165, 1.54) is 26.4 Å². The summed E-state index contributed by atoms with van der Waals surface area (Å²) in [6, 6.07) is 5.73. The first-order valence-electron chi connectivity index (χ1n) is 6.67. The van der Waals surface area contributed by atoms with Crippen molar-refractivity contribution in [3.05, 3.63) is 23.8 Å². The molecule has 19 heavy (non-hydrogen) atoms. The summed E-state index contributed by atoms with van der Waals surface area (Å²) in [5.74, 6) is 1.20. The predicted octanol–water partition coefficient (Wildman–Crippen LogP) is 3.08. The molecular weight excluding hydrogens is 242 g/mol. The number of hydrogen-bond donors (Lipinski definition) is 1. The van der Waals surface area contributed by atoms with E-state index in [9.17, 15) is 4.79 Å². The van der Waals surface area contributed by atoms with E-state index in [4.69, 9.17) is 9.47 Å². The summed E-state index contributed by atoms with van der Waals surface area (Å²) in [6.07, 6.45) is 3.89. The van der Waals surface area contributed by atoms with Gasteiger partial charge in [0, 0.05) is 6.04 Å². The van der Waals surface area contributed by atoms with Crippen LogP contribution in [0.4, 0.5) is 5.69 Å². The lowest BCUT2D eigenvalue weighted by molar-refractivity contribution is 0.0600. The van der Waals surface area contributed by atoms with E-state index in [0.29, 0.717) is 17.4 Å². The predicted molar refractivity (Wildman–Crippen MR) is 74.8 cm³/mol. The highest BCUT2D eigenvalue weighted by atomic mass is 16.5. The number of hydrogen-bond acceptors (Lipinski definition) is 4. The van der Waals surface area contributed by atoms with Gasteiger partial charge in [0.2, 0.25) is 0 Å². The molecule has 0 radical (unpaired) electrons. The Morgan fingerprint density at radius 3 is 2.74 bits per heavy atom. The first-order valence-corrected chi connectivity index (χ1v) is 6.67. The van der Waals surface area contributed by atoms with Crippen LogP contribution in [-0.4, -0.2) is 26.2 Å². The van der Waals surface area contributed by atoms with Gasteiger partial charge >= 0.3 is 5.97 Å². The van der Waals surface area contributed by atoms with Crippen LogP contribution in [-0.2, 0) is 4.74 Å². The van der Waals surface area contributed by atoms with Crippen LogP contribution < -0.4 is 10.1 Å². The number of methoxy groups -OCH3 is 2. The van der Waals surface area contributed by atoms with Gasteiger partial charge in [-0.1, -0.05) is 12.8 Å². The molecule has 1 saturated carbocycles. The summed E-state index contributed by atoms with van der Waals surface area (Å²) in [6.45, 7) is 2.17. The fourth-order valence-corrected chi connectivity index (χ4v) is 2.23. The van der Waals surface area contributed by atoms with Gasteiger partial charge in [0.25, 0.3) is 0 Å². The van der Waals surface area contributed by atoms with Gasteiger partial charge in [-0.25, -0.2) is 4.79 Å². The molecule has 4 nitrogen and oxygen atoms in total. The van der Waals surface area contributed by atoms with Gasteiger partial charge in [-0.15, -0.1) is 0 Å². The molecule has 0 spiro atoms. The molecule has 1 unspecified atom stereocenters. The maximum Gasteiger partial charge on any atom is 0.337 e. The molecule has 1 aliphatic rings. The number of nitrogens with one attached hydrogen (secondary N) is 1. The summed E-state index contributed by atoms with van der Waals surface area (Å²) in [5, 5.41) is 3.44. The van der Waals surface area contributed by atoms with E-state index < -0.39 is 0 Å². The normalized spacial score (nSPS) is 15.7. The second-order valence-electron chi connectivity index (χ2n) is 5.13. The zero-order chi connectivity index (χ0) is 13.8. The number of anilines is 1. The highest BCUT2D eigenvalue weighted by molar-refractivity contribution is 5.90. The van der Waals surface area contributed by atoms with E-state index in [0.717, 1.165) is 11.6 Å². The zero-order valence-corrected chi connectivity index (χ0v) is 11.7.